The topological polar surface area (TPSA) is 33.7 Å². The van der Waals surface area contributed by atoms with E-state index in [9.17, 15) is 0 Å². The fraction of sp³-hybridized carbons (Fsp3) is 0.600. The van der Waals surface area contributed by atoms with Crippen LogP contribution in [-0.2, 0) is 17.8 Å². The Morgan fingerprint density at radius 3 is 2.60 bits per heavy atom. The first-order valence-electron chi connectivity index (χ1n) is 7.02. The summed E-state index contributed by atoms with van der Waals surface area (Å²) in [6, 6.07) is 4.23. The van der Waals surface area contributed by atoms with E-state index in [4.69, 9.17) is 9.47 Å². The predicted molar refractivity (Wildman–Crippen MR) is 84.4 cm³/mol. The summed E-state index contributed by atoms with van der Waals surface area (Å²) in [5, 5.41) is 3.38. The Labute approximate surface area is 129 Å². The van der Waals surface area contributed by atoms with Gasteiger partial charge in [-0.05, 0) is 45.6 Å². The molecule has 1 heterocycles. The van der Waals surface area contributed by atoms with E-state index in [0.717, 1.165) is 49.4 Å². The summed E-state index contributed by atoms with van der Waals surface area (Å²) in [4.78, 5) is 2.51. The third-order valence-electron chi connectivity index (χ3n) is 3.68. The van der Waals surface area contributed by atoms with E-state index in [2.05, 4.69) is 38.3 Å². The van der Waals surface area contributed by atoms with Crippen molar-refractivity contribution in [3.05, 3.63) is 27.7 Å². The van der Waals surface area contributed by atoms with Gasteiger partial charge in [0, 0.05) is 39.8 Å². The van der Waals surface area contributed by atoms with Gasteiger partial charge in [0.15, 0.2) is 0 Å². The second kappa shape index (κ2) is 7.98. The number of piperazine rings is 1. The summed E-state index contributed by atoms with van der Waals surface area (Å²) in [5.74, 6) is 0.864. The van der Waals surface area contributed by atoms with Gasteiger partial charge in [0.05, 0.1) is 18.2 Å². The largest absolute Gasteiger partial charge is 0.496 e. The Balaban J connectivity index is 2.06. The Morgan fingerprint density at radius 2 is 1.95 bits per heavy atom. The molecule has 20 heavy (non-hydrogen) atoms. The molecule has 0 unspecified atom stereocenters. The minimum absolute atomic E-state index is 0.626. The lowest BCUT2D eigenvalue weighted by atomic mass is 10.0. The first kappa shape index (κ1) is 15.8. The highest BCUT2D eigenvalue weighted by atomic mass is 79.9. The highest BCUT2D eigenvalue weighted by Crippen LogP contribution is 2.29. The number of methoxy groups -OCH3 is 2. The van der Waals surface area contributed by atoms with E-state index >= 15 is 0 Å². The van der Waals surface area contributed by atoms with Crippen LogP contribution in [0.2, 0.25) is 0 Å². The van der Waals surface area contributed by atoms with E-state index in [-0.39, 0.29) is 0 Å². The first-order valence-corrected chi connectivity index (χ1v) is 7.81. The smallest absolute Gasteiger partial charge is 0.133 e. The zero-order valence-electron chi connectivity index (χ0n) is 12.2. The molecule has 1 N–H and O–H groups in total. The average molecular weight is 343 g/mol. The average Bonchev–Trinajstić information content (AvgIpc) is 2.48. The van der Waals surface area contributed by atoms with Crippen molar-refractivity contribution in [2.75, 3.05) is 46.9 Å². The lowest BCUT2D eigenvalue weighted by Gasteiger charge is -2.27. The van der Waals surface area contributed by atoms with E-state index in [1.807, 2.05) is 0 Å². The van der Waals surface area contributed by atoms with Crippen LogP contribution >= 0.6 is 15.9 Å². The summed E-state index contributed by atoms with van der Waals surface area (Å²) < 4.78 is 11.7. The van der Waals surface area contributed by atoms with Gasteiger partial charge in [-0.1, -0.05) is 0 Å². The Bertz CT molecular complexity index is 434. The highest BCUT2D eigenvalue weighted by molar-refractivity contribution is 9.10. The van der Waals surface area contributed by atoms with Crippen molar-refractivity contribution in [3.63, 3.8) is 0 Å². The summed E-state index contributed by atoms with van der Waals surface area (Å²) in [6.45, 7) is 6.18. The number of nitrogens with zero attached hydrogens (tertiary/aromatic N) is 1. The molecule has 112 valence electrons. The van der Waals surface area contributed by atoms with Gasteiger partial charge in [-0.15, -0.1) is 0 Å². The van der Waals surface area contributed by atoms with Gasteiger partial charge in [0.25, 0.3) is 0 Å². The number of hydrogen-bond donors (Lipinski definition) is 1. The molecule has 0 aromatic heterocycles. The van der Waals surface area contributed by atoms with Crippen LogP contribution in [0, 0.1) is 0 Å². The second-order valence-corrected chi connectivity index (χ2v) is 5.88. The predicted octanol–water partition coefficient (Wildman–Crippen LogP) is 2.05. The van der Waals surface area contributed by atoms with Gasteiger partial charge in [-0.25, -0.2) is 0 Å². The first-order chi connectivity index (χ1) is 9.74. The van der Waals surface area contributed by atoms with Crippen molar-refractivity contribution in [3.8, 4) is 5.75 Å². The molecule has 1 aromatic carbocycles. The summed E-state index contributed by atoms with van der Waals surface area (Å²) in [6.07, 6.45) is 1.04. The van der Waals surface area contributed by atoms with Crippen molar-refractivity contribution in [1.82, 2.24) is 10.2 Å². The summed E-state index contributed by atoms with van der Waals surface area (Å²) in [7, 11) is 3.42. The highest BCUT2D eigenvalue weighted by Gasteiger charge is 2.13. The van der Waals surface area contributed by atoms with Crippen molar-refractivity contribution in [1.29, 1.82) is 0 Å². The lowest BCUT2D eigenvalue weighted by molar-refractivity contribution is 0.183. The molecule has 1 fully saturated rings. The monoisotopic (exact) mass is 342 g/mol. The third-order valence-corrected chi connectivity index (χ3v) is 4.30. The van der Waals surface area contributed by atoms with E-state index in [1.165, 1.54) is 11.1 Å². The quantitative estimate of drug-likeness (QED) is 0.857. The fourth-order valence-electron chi connectivity index (χ4n) is 2.53. The summed E-state index contributed by atoms with van der Waals surface area (Å²) >= 11 is 3.57. The number of ether oxygens (including phenoxy) is 2. The molecular formula is C15H23BrN2O2. The molecule has 0 spiro atoms. The second-order valence-electron chi connectivity index (χ2n) is 5.03. The van der Waals surface area contributed by atoms with E-state index in [1.54, 1.807) is 14.2 Å². The SMILES string of the molecule is COCc1cc(OC)c(Br)cc1CCN1CCNCC1. The van der Waals surface area contributed by atoms with Gasteiger partial charge >= 0.3 is 0 Å². The molecule has 0 atom stereocenters. The number of halogens is 1. The summed E-state index contributed by atoms with van der Waals surface area (Å²) in [5.41, 5.74) is 2.54. The molecule has 0 radical (unpaired) electrons. The molecule has 5 heteroatoms. The molecule has 1 saturated heterocycles. The van der Waals surface area contributed by atoms with E-state index < -0.39 is 0 Å². The molecule has 0 amide bonds. The standard InChI is InChI=1S/C15H23BrN2O2/c1-19-11-13-10-15(20-2)14(16)9-12(13)3-6-18-7-4-17-5-8-18/h9-10,17H,3-8,11H2,1-2H3. The van der Waals surface area contributed by atoms with Crippen molar-refractivity contribution >= 4 is 15.9 Å². The molecule has 0 aliphatic carbocycles. The zero-order valence-corrected chi connectivity index (χ0v) is 13.8. The van der Waals surface area contributed by atoms with Crippen LogP contribution in [0.25, 0.3) is 0 Å². The zero-order chi connectivity index (χ0) is 14.4. The molecule has 2 rings (SSSR count). The third kappa shape index (κ3) is 4.19. The van der Waals surface area contributed by atoms with Gasteiger partial charge in [-0.2, -0.15) is 0 Å². The number of nitrogens with one attached hydrogen (secondary N) is 1. The maximum absolute atomic E-state index is 5.36. The van der Waals surface area contributed by atoms with Gasteiger partial charge < -0.3 is 19.7 Å². The number of hydrogen-bond acceptors (Lipinski definition) is 4. The van der Waals surface area contributed by atoms with Gasteiger partial charge in [0.2, 0.25) is 0 Å². The maximum atomic E-state index is 5.36. The van der Waals surface area contributed by atoms with Crippen LogP contribution < -0.4 is 10.1 Å². The van der Waals surface area contributed by atoms with Crippen molar-refractivity contribution < 1.29 is 9.47 Å². The number of rotatable bonds is 6. The van der Waals surface area contributed by atoms with Crippen LogP contribution in [0.15, 0.2) is 16.6 Å². The molecule has 1 aliphatic rings. The van der Waals surface area contributed by atoms with Gasteiger partial charge in [0.1, 0.15) is 5.75 Å². The van der Waals surface area contributed by atoms with Crippen LogP contribution in [0.1, 0.15) is 11.1 Å². The van der Waals surface area contributed by atoms with E-state index in [0.29, 0.717) is 6.61 Å². The Morgan fingerprint density at radius 1 is 1.20 bits per heavy atom. The van der Waals surface area contributed by atoms with Crippen LogP contribution in [0.5, 0.6) is 5.75 Å². The molecule has 0 bridgehead atoms. The normalized spacial score (nSPS) is 16.4. The molecule has 1 aromatic rings. The number of benzene rings is 1. The minimum atomic E-state index is 0.626. The maximum Gasteiger partial charge on any atom is 0.133 e. The minimum Gasteiger partial charge on any atom is -0.496 e. The molecule has 1 aliphatic heterocycles. The van der Waals surface area contributed by atoms with Crippen LogP contribution in [0.3, 0.4) is 0 Å². The molecule has 4 nitrogen and oxygen atoms in total. The van der Waals surface area contributed by atoms with Crippen molar-refractivity contribution in [2.45, 2.75) is 13.0 Å². The lowest BCUT2D eigenvalue weighted by Crippen LogP contribution is -2.44. The van der Waals surface area contributed by atoms with Crippen LogP contribution in [0.4, 0.5) is 0 Å². The Kier molecular flexibility index (Phi) is 6.29. The molecular weight excluding hydrogens is 320 g/mol. The van der Waals surface area contributed by atoms with Crippen molar-refractivity contribution in [2.24, 2.45) is 0 Å². The Hall–Kier alpha value is -0.620. The van der Waals surface area contributed by atoms with Gasteiger partial charge in [-0.3, -0.25) is 0 Å². The fourth-order valence-corrected chi connectivity index (χ4v) is 3.08. The van der Waals surface area contributed by atoms with Crippen LogP contribution in [-0.4, -0.2) is 51.8 Å². The molecule has 0 saturated carbocycles.